The van der Waals surface area contributed by atoms with Crippen molar-refractivity contribution in [2.75, 3.05) is 39.3 Å². The first-order valence-corrected chi connectivity index (χ1v) is 9.51. The van der Waals surface area contributed by atoms with Gasteiger partial charge in [-0.3, -0.25) is 4.90 Å². The highest BCUT2D eigenvalue weighted by atomic mass is 32.2. The van der Waals surface area contributed by atoms with E-state index in [1.165, 1.54) is 16.4 Å². The smallest absolute Gasteiger partial charge is 0.243 e. The Balaban J connectivity index is 1.86. The van der Waals surface area contributed by atoms with Crippen LogP contribution in [0, 0.1) is 5.82 Å². The van der Waals surface area contributed by atoms with Gasteiger partial charge in [0.15, 0.2) is 0 Å². The summed E-state index contributed by atoms with van der Waals surface area (Å²) in [6, 6.07) is 4.86. The second-order valence-corrected chi connectivity index (χ2v) is 8.13. The zero-order valence-corrected chi connectivity index (χ0v) is 14.9. The van der Waals surface area contributed by atoms with Gasteiger partial charge in [-0.05, 0) is 38.1 Å². The van der Waals surface area contributed by atoms with E-state index in [0.717, 1.165) is 12.1 Å². The van der Waals surface area contributed by atoms with E-state index in [1.54, 1.807) is 0 Å². The lowest BCUT2D eigenvalue weighted by atomic mass is 10.3. The lowest BCUT2D eigenvalue weighted by Crippen LogP contribution is -2.50. The molecule has 0 aliphatic carbocycles. The number of rotatable bonds is 7. The van der Waals surface area contributed by atoms with Crippen molar-refractivity contribution >= 4 is 10.0 Å². The summed E-state index contributed by atoms with van der Waals surface area (Å²) < 4.78 is 44.8. The van der Waals surface area contributed by atoms with E-state index in [1.807, 2.05) is 18.7 Å². The van der Waals surface area contributed by atoms with E-state index in [2.05, 4.69) is 0 Å². The van der Waals surface area contributed by atoms with E-state index < -0.39 is 21.9 Å². The molecule has 8 heteroatoms. The Morgan fingerprint density at radius 3 is 2.29 bits per heavy atom. The molecule has 0 saturated carbocycles. The quantitative estimate of drug-likeness (QED) is 0.783. The lowest BCUT2D eigenvalue weighted by Gasteiger charge is -2.34. The molecule has 0 aromatic heterocycles. The highest BCUT2D eigenvalue weighted by molar-refractivity contribution is 7.89. The predicted molar refractivity (Wildman–Crippen MR) is 88.7 cm³/mol. The van der Waals surface area contributed by atoms with Crippen molar-refractivity contribution in [3.05, 3.63) is 30.1 Å². The monoisotopic (exact) mass is 360 g/mol. The number of benzene rings is 1. The van der Waals surface area contributed by atoms with Crippen LogP contribution in [-0.4, -0.2) is 74.3 Å². The number of aliphatic hydroxyl groups is 1. The highest BCUT2D eigenvalue weighted by Gasteiger charge is 2.29. The Kier molecular flexibility index (Phi) is 6.70. The molecule has 1 heterocycles. The van der Waals surface area contributed by atoms with Crippen LogP contribution in [0.3, 0.4) is 0 Å². The first-order valence-electron chi connectivity index (χ1n) is 8.07. The Labute approximate surface area is 142 Å². The molecule has 1 unspecified atom stereocenters. The van der Waals surface area contributed by atoms with Crippen LogP contribution >= 0.6 is 0 Å². The second kappa shape index (κ2) is 8.35. The lowest BCUT2D eigenvalue weighted by molar-refractivity contribution is -0.0117. The summed E-state index contributed by atoms with van der Waals surface area (Å²) >= 11 is 0. The minimum Gasteiger partial charge on any atom is -0.389 e. The minimum atomic E-state index is -3.60. The van der Waals surface area contributed by atoms with Crippen molar-refractivity contribution in [1.82, 2.24) is 9.21 Å². The van der Waals surface area contributed by atoms with Gasteiger partial charge in [-0.25, -0.2) is 12.8 Å². The van der Waals surface area contributed by atoms with Gasteiger partial charge in [-0.15, -0.1) is 0 Å². The third-order valence-corrected chi connectivity index (χ3v) is 5.79. The zero-order valence-electron chi connectivity index (χ0n) is 14.1. The fraction of sp³-hybridized carbons (Fsp3) is 0.625. The predicted octanol–water partition coefficient (Wildman–Crippen LogP) is 0.918. The standard InChI is InChI=1S/C16H25FN2O4S/c1-13(2)23-12-15(20)11-18-7-9-19(10-8-18)24(21,22)16-5-3-14(17)4-6-16/h3-6,13,15,20H,7-12H2,1-2H3. The molecule has 1 fully saturated rings. The van der Waals surface area contributed by atoms with Gasteiger partial charge in [-0.2, -0.15) is 4.31 Å². The summed E-state index contributed by atoms with van der Waals surface area (Å²) in [5.41, 5.74) is 0. The average molecular weight is 360 g/mol. The topological polar surface area (TPSA) is 70.1 Å². The van der Waals surface area contributed by atoms with Crippen molar-refractivity contribution in [3.8, 4) is 0 Å². The van der Waals surface area contributed by atoms with Gasteiger partial charge < -0.3 is 9.84 Å². The van der Waals surface area contributed by atoms with Crippen LogP contribution in [0.2, 0.25) is 0 Å². The van der Waals surface area contributed by atoms with Crippen molar-refractivity contribution in [2.24, 2.45) is 0 Å². The molecule has 2 rings (SSSR count). The third kappa shape index (κ3) is 5.22. The summed E-state index contributed by atoms with van der Waals surface area (Å²) in [5.74, 6) is -0.462. The fourth-order valence-electron chi connectivity index (χ4n) is 2.56. The van der Waals surface area contributed by atoms with Crippen LogP contribution in [0.4, 0.5) is 4.39 Å². The first kappa shape index (κ1) is 19.3. The van der Waals surface area contributed by atoms with Gasteiger partial charge in [0.2, 0.25) is 10.0 Å². The summed E-state index contributed by atoms with van der Waals surface area (Å²) in [6.45, 7) is 6.31. The number of nitrogens with zero attached hydrogens (tertiary/aromatic N) is 2. The van der Waals surface area contributed by atoms with Crippen LogP contribution in [-0.2, 0) is 14.8 Å². The maximum Gasteiger partial charge on any atom is 0.243 e. The van der Waals surface area contributed by atoms with Crippen molar-refractivity contribution in [2.45, 2.75) is 31.0 Å². The highest BCUT2D eigenvalue weighted by Crippen LogP contribution is 2.18. The first-order chi connectivity index (χ1) is 11.3. The SMILES string of the molecule is CC(C)OCC(O)CN1CCN(S(=O)(=O)c2ccc(F)cc2)CC1. The molecule has 0 radical (unpaired) electrons. The molecule has 0 amide bonds. The Bertz CT molecular complexity index is 613. The zero-order chi connectivity index (χ0) is 17.7. The number of ether oxygens (including phenoxy) is 1. The summed E-state index contributed by atoms with van der Waals surface area (Å²) in [4.78, 5) is 2.12. The van der Waals surface area contributed by atoms with Crippen molar-refractivity contribution in [3.63, 3.8) is 0 Å². The molecule has 1 aliphatic rings. The van der Waals surface area contributed by atoms with Crippen LogP contribution in [0.15, 0.2) is 29.2 Å². The molecule has 1 N–H and O–H groups in total. The molecule has 1 aromatic carbocycles. The molecule has 24 heavy (non-hydrogen) atoms. The summed E-state index contributed by atoms with van der Waals surface area (Å²) in [6.07, 6.45) is -0.523. The molecule has 1 aromatic rings. The number of hydrogen-bond donors (Lipinski definition) is 1. The van der Waals surface area contributed by atoms with Crippen LogP contribution in [0.1, 0.15) is 13.8 Å². The third-order valence-electron chi connectivity index (χ3n) is 3.87. The fourth-order valence-corrected chi connectivity index (χ4v) is 3.98. The molecule has 1 atom stereocenters. The molecule has 1 saturated heterocycles. The second-order valence-electron chi connectivity index (χ2n) is 6.19. The Hall–Kier alpha value is -1.06. The van der Waals surface area contributed by atoms with Crippen LogP contribution in [0.25, 0.3) is 0 Å². The molecule has 6 nitrogen and oxygen atoms in total. The van der Waals surface area contributed by atoms with E-state index >= 15 is 0 Å². The molecule has 0 spiro atoms. The number of β-amino-alcohol motifs (C(OH)–C–C–N with tert-alkyl or cyclic N) is 1. The van der Waals surface area contributed by atoms with E-state index in [9.17, 15) is 17.9 Å². The normalized spacial score (nSPS) is 18.9. The van der Waals surface area contributed by atoms with Gasteiger partial charge in [0, 0.05) is 32.7 Å². The molecular formula is C16H25FN2O4S. The van der Waals surface area contributed by atoms with Gasteiger partial charge in [-0.1, -0.05) is 0 Å². The maximum absolute atomic E-state index is 13.0. The van der Waals surface area contributed by atoms with E-state index in [-0.39, 0.29) is 17.6 Å². The van der Waals surface area contributed by atoms with Crippen molar-refractivity contribution < 1.29 is 22.7 Å². The number of piperazine rings is 1. The minimum absolute atomic E-state index is 0.0670. The molecular weight excluding hydrogens is 335 g/mol. The van der Waals surface area contributed by atoms with E-state index in [0.29, 0.717) is 32.7 Å². The number of aliphatic hydroxyl groups excluding tert-OH is 1. The van der Waals surface area contributed by atoms with Gasteiger partial charge >= 0.3 is 0 Å². The molecule has 1 aliphatic heterocycles. The largest absolute Gasteiger partial charge is 0.389 e. The molecule has 136 valence electrons. The maximum atomic E-state index is 13.0. The summed E-state index contributed by atoms with van der Waals surface area (Å²) in [7, 11) is -3.60. The Morgan fingerprint density at radius 2 is 1.75 bits per heavy atom. The Morgan fingerprint density at radius 1 is 1.17 bits per heavy atom. The number of halogens is 1. The average Bonchev–Trinajstić information content (AvgIpc) is 2.54. The summed E-state index contributed by atoms with van der Waals surface area (Å²) in [5, 5.41) is 9.95. The van der Waals surface area contributed by atoms with Crippen LogP contribution < -0.4 is 0 Å². The van der Waals surface area contributed by atoms with Gasteiger partial charge in [0.1, 0.15) is 5.82 Å². The number of sulfonamides is 1. The van der Waals surface area contributed by atoms with E-state index in [4.69, 9.17) is 4.74 Å². The van der Waals surface area contributed by atoms with Gasteiger partial charge in [0.05, 0.1) is 23.7 Å². The van der Waals surface area contributed by atoms with Gasteiger partial charge in [0.25, 0.3) is 0 Å². The van der Waals surface area contributed by atoms with Crippen LogP contribution in [0.5, 0.6) is 0 Å². The number of hydrogen-bond acceptors (Lipinski definition) is 5. The molecule has 0 bridgehead atoms. The van der Waals surface area contributed by atoms with Crippen molar-refractivity contribution in [1.29, 1.82) is 0 Å².